The molecule has 6 heteroatoms. The van der Waals surface area contributed by atoms with E-state index in [9.17, 15) is 5.11 Å². The van der Waals surface area contributed by atoms with Gasteiger partial charge in [-0.05, 0) is 20.9 Å². The van der Waals surface area contributed by atoms with E-state index < -0.39 is 0 Å². The summed E-state index contributed by atoms with van der Waals surface area (Å²) in [6.45, 7) is 6.94. The summed E-state index contributed by atoms with van der Waals surface area (Å²) >= 11 is 6.00. The van der Waals surface area contributed by atoms with Crippen LogP contribution in [0.2, 0.25) is 5.15 Å². The highest BCUT2D eigenvalue weighted by Crippen LogP contribution is 2.28. The number of rotatable bonds is 2. The second-order valence-corrected chi connectivity index (χ2v) is 5.64. The number of nitrogens with zero attached hydrogens (tertiary/aromatic N) is 4. The molecule has 18 heavy (non-hydrogen) atoms. The van der Waals surface area contributed by atoms with Gasteiger partial charge in [0.05, 0.1) is 12.2 Å². The molecule has 1 aliphatic heterocycles. The van der Waals surface area contributed by atoms with Crippen molar-refractivity contribution in [2.75, 3.05) is 31.6 Å². The molecule has 0 unspecified atom stereocenters. The van der Waals surface area contributed by atoms with Crippen molar-refractivity contribution in [1.29, 1.82) is 0 Å². The zero-order chi connectivity index (χ0) is 13.3. The van der Waals surface area contributed by atoms with Gasteiger partial charge in [-0.25, -0.2) is 9.97 Å². The van der Waals surface area contributed by atoms with E-state index in [-0.39, 0.29) is 12.1 Å². The molecule has 2 rings (SSSR count). The van der Waals surface area contributed by atoms with Gasteiger partial charge in [0.15, 0.2) is 0 Å². The largest absolute Gasteiger partial charge is 0.391 e. The molecule has 1 aromatic rings. The summed E-state index contributed by atoms with van der Waals surface area (Å²) in [5, 5.41) is 9.74. The summed E-state index contributed by atoms with van der Waals surface area (Å²) in [7, 11) is 2.12. The molecule has 1 aromatic heterocycles. The molecule has 1 N–H and O–H groups in total. The topological polar surface area (TPSA) is 52.5 Å². The summed E-state index contributed by atoms with van der Waals surface area (Å²) in [5.41, 5.74) is 0.682. The van der Waals surface area contributed by atoms with E-state index in [0.29, 0.717) is 10.7 Å². The first-order valence-corrected chi connectivity index (χ1v) is 6.40. The smallest absolute Gasteiger partial charge is 0.140 e. The van der Waals surface area contributed by atoms with E-state index in [1.807, 2.05) is 0 Å². The fourth-order valence-corrected chi connectivity index (χ4v) is 2.40. The molecule has 0 aromatic carbocycles. The van der Waals surface area contributed by atoms with Gasteiger partial charge in [0.1, 0.15) is 17.3 Å². The van der Waals surface area contributed by atoms with Gasteiger partial charge in [-0.15, -0.1) is 0 Å². The van der Waals surface area contributed by atoms with Crippen LogP contribution in [-0.4, -0.2) is 52.2 Å². The lowest BCUT2D eigenvalue weighted by atomic mass is 9.99. The number of aliphatic hydroxyl groups excluding tert-OH is 1. The van der Waals surface area contributed by atoms with Crippen LogP contribution in [0.5, 0.6) is 0 Å². The van der Waals surface area contributed by atoms with Crippen LogP contribution in [0.3, 0.4) is 0 Å². The van der Waals surface area contributed by atoms with Gasteiger partial charge in [0, 0.05) is 25.2 Å². The van der Waals surface area contributed by atoms with E-state index in [0.717, 1.165) is 25.5 Å². The van der Waals surface area contributed by atoms with E-state index in [1.54, 1.807) is 0 Å². The first-order chi connectivity index (χ1) is 8.45. The Bertz CT molecular complexity index is 438. The molecule has 1 aliphatic rings. The fourth-order valence-electron chi connectivity index (χ4n) is 2.21. The lowest BCUT2D eigenvalue weighted by Gasteiger charge is -2.46. The molecule has 1 saturated heterocycles. The first-order valence-electron chi connectivity index (χ1n) is 6.02. The lowest BCUT2D eigenvalue weighted by Crippen LogP contribution is -2.58. The van der Waals surface area contributed by atoms with Crippen LogP contribution in [0.4, 0.5) is 5.82 Å². The van der Waals surface area contributed by atoms with E-state index >= 15 is 0 Å². The zero-order valence-corrected chi connectivity index (χ0v) is 11.8. The molecule has 1 fully saturated rings. The van der Waals surface area contributed by atoms with Gasteiger partial charge in [-0.3, -0.25) is 4.90 Å². The summed E-state index contributed by atoms with van der Waals surface area (Å²) in [6, 6.07) is 0. The first kappa shape index (κ1) is 13.5. The molecule has 0 aliphatic carbocycles. The molecule has 0 bridgehead atoms. The maximum absolute atomic E-state index is 9.41. The number of halogens is 1. The van der Waals surface area contributed by atoms with Gasteiger partial charge < -0.3 is 10.0 Å². The highest BCUT2D eigenvalue weighted by Gasteiger charge is 2.32. The van der Waals surface area contributed by atoms with Crippen molar-refractivity contribution >= 4 is 17.4 Å². The maximum atomic E-state index is 9.41. The number of hydrogen-bond donors (Lipinski definition) is 1. The third-order valence-electron chi connectivity index (χ3n) is 3.64. The standard InChI is InChI=1S/C12H19ClN4O/c1-12(2)7-17(5-4-16(12)3)11-9(6-18)10(13)14-8-15-11/h8,18H,4-7H2,1-3H3. The summed E-state index contributed by atoms with van der Waals surface area (Å²) in [5.74, 6) is 0.749. The Morgan fingerprint density at radius 2 is 2.11 bits per heavy atom. The highest BCUT2D eigenvalue weighted by atomic mass is 35.5. The molecule has 0 radical (unpaired) electrons. The van der Waals surface area contributed by atoms with Gasteiger partial charge in [0.25, 0.3) is 0 Å². The Labute approximate surface area is 112 Å². The van der Waals surface area contributed by atoms with Crippen molar-refractivity contribution in [3.8, 4) is 0 Å². The second kappa shape index (κ2) is 4.99. The summed E-state index contributed by atoms with van der Waals surface area (Å²) in [4.78, 5) is 12.7. The molecular formula is C12H19ClN4O. The van der Waals surface area contributed by atoms with Gasteiger partial charge in [-0.1, -0.05) is 11.6 Å². The van der Waals surface area contributed by atoms with Crippen LogP contribution in [0.1, 0.15) is 19.4 Å². The van der Waals surface area contributed by atoms with E-state index in [1.165, 1.54) is 6.33 Å². The molecule has 0 atom stereocenters. The van der Waals surface area contributed by atoms with Gasteiger partial charge in [-0.2, -0.15) is 0 Å². The summed E-state index contributed by atoms with van der Waals surface area (Å²) < 4.78 is 0. The van der Waals surface area contributed by atoms with Crippen LogP contribution in [0.25, 0.3) is 0 Å². The van der Waals surface area contributed by atoms with Crippen molar-refractivity contribution in [3.05, 3.63) is 17.0 Å². The van der Waals surface area contributed by atoms with Crippen molar-refractivity contribution in [2.45, 2.75) is 26.0 Å². The minimum Gasteiger partial charge on any atom is -0.391 e. The number of anilines is 1. The summed E-state index contributed by atoms with van der Waals surface area (Å²) in [6.07, 6.45) is 1.45. The monoisotopic (exact) mass is 270 g/mol. The molecule has 0 spiro atoms. The van der Waals surface area contributed by atoms with Crippen LogP contribution >= 0.6 is 11.6 Å². The van der Waals surface area contributed by atoms with Gasteiger partial charge in [0.2, 0.25) is 0 Å². The van der Waals surface area contributed by atoms with Gasteiger partial charge >= 0.3 is 0 Å². The minimum atomic E-state index is -0.137. The average molecular weight is 271 g/mol. The second-order valence-electron chi connectivity index (χ2n) is 5.28. The lowest BCUT2D eigenvalue weighted by molar-refractivity contribution is 0.138. The van der Waals surface area contributed by atoms with Crippen LogP contribution in [-0.2, 0) is 6.61 Å². The quantitative estimate of drug-likeness (QED) is 0.817. The number of piperazine rings is 1. The fraction of sp³-hybridized carbons (Fsp3) is 0.667. The predicted molar refractivity (Wildman–Crippen MR) is 71.9 cm³/mol. The van der Waals surface area contributed by atoms with Crippen LogP contribution < -0.4 is 4.90 Å². The zero-order valence-electron chi connectivity index (χ0n) is 11.0. The third kappa shape index (κ3) is 2.43. The van der Waals surface area contributed by atoms with Crippen LogP contribution in [0, 0.1) is 0 Å². The van der Waals surface area contributed by atoms with E-state index in [2.05, 4.69) is 40.7 Å². The maximum Gasteiger partial charge on any atom is 0.140 e. The van der Waals surface area contributed by atoms with Crippen molar-refractivity contribution < 1.29 is 5.11 Å². The SMILES string of the molecule is CN1CCN(c2ncnc(Cl)c2CO)CC1(C)C. The van der Waals surface area contributed by atoms with Crippen LogP contribution in [0.15, 0.2) is 6.33 Å². The Hall–Kier alpha value is -0.910. The van der Waals surface area contributed by atoms with Crippen molar-refractivity contribution in [3.63, 3.8) is 0 Å². The predicted octanol–water partition coefficient (Wildman–Crippen LogP) is 1.15. The molecule has 0 saturated carbocycles. The molecule has 0 amide bonds. The highest BCUT2D eigenvalue weighted by molar-refractivity contribution is 6.30. The Kier molecular flexibility index (Phi) is 3.75. The number of aliphatic hydroxyl groups is 1. The number of aromatic nitrogens is 2. The van der Waals surface area contributed by atoms with Crippen molar-refractivity contribution in [1.82, 2.24) is 14.9 Å². The average Bonchev–Trinajstić information content (AvgIpc) is 2.32. The van der Waals surface area contributed by atoms with Crippen molar-refractivity contribution in [2.24, 2.45) is 0 Å². The molecule has 100 valence electrons. The molecule has 5 nitrogen and oxygen atoms in total. The Morgan fingerprint density at radius 1 is 1.39 bits per heavy atom. The number of hydrogen-bond acceptors (Lipinski definition) is 5. The number of likely N-dealkylation sites (N-methyl/N-ethyl adjacent to an activating group) is 1. The molecule has 2 heterocycles. The minimum absolute atomic E-state index is 0.0718. The van der Waals surface area contributed by atoms with E-state index in [4.69, 9.17) is 11.6 Å². The third-order valence-corrected chi connectivity index (χ3v) is 3.97. The Morgan fingerprint density at radius 3 is 2.72 bits per heavy atom. The Balaban J connectivity index is 2.30. The normalized spacial score (nSPS) is 20.2. The molecular weight excluding hydrogens is 252 g/mol.